The maximum Gasteiger partial charge on any atom is 0.338 e. The molecule has 0 radical (unpaired) electrons. The molecule has 0 saturated heterocycles. The molecule has 0 aliphatic rings. The van der Waals surface area contributed by atoms with Crippen LogP contribution in [-0.4, -0.2) is 38.4 Å². The lowest BCUT2D eigenvalue weighted by Gasteiger charge is -2.12. The molecule has 0 saturated carbocycles. The van der Waals surface area contributed by atoms with Crippen LogP contribution in [0.4, 0.5) is 5.69 Å². The number of esters is 1. The van der Waals surface area contributed by atoms with Crippen LogP contribution in [-0.2, 0) is 4.74 Å². The Morgan fingerprint density at radius 2 is 1.88 bits per heavy atom. The highest BCUT2D eigenvalue weighted by molar-refractivity contribution is 5.89. The standard InChI is InChI=1S/C13H19NO3/c1-14(2)12-7-5-11(6-8-12)13(16)17-10-4-3-9-15/h5-8,15H,3-4,9-10H2,1-2H3. The molecule has 0 aliphatic heterocycles. The Morgan fingerprint density at radius 3 is 2.41 bits per heavy atom. The molecule has 0 heterocycles. The Bertz CT molecular complexity index is 346. The van der Waals surface area contributed by atoms with Crippen LogP contribution in [0.1, 0.15) is 23.2 Å². The number of rotatable bonds is 6. The fourth-order valence-corrected chi connectivity index (χ4v) is 1.36. The summed E-state index contributed by atoms with van der Waals surface area (Å²) in [4.78, 5) is 13.6. The third kappa shape index (κ3) is 4.44. The molecule has 94 valence electrons. The molecule has 0 spiro atoms. The van der Waals surface area contributed by atoms with E-state index < -0.39 is 0 Å². The molecule has 1 aromatic rings. The van der Waals surface area contributed by atoms with Gasteiger partial charge >= 0.3 is 5.97 Å². The van der Waals surface area contributed by atoms with Crippen molar-refractivity contribution in [1.29, 1.82) is 0 Å². The number of nitrogens with zero attached hydrogens (tertiary/aromatic N) is 1. The fourth-order valence-electron chi connectivity index (χ4n) is 1.36. The van der Waals surface area contributed by atoms with Gasteiger partial charge < -0.3 is 14.7 Å². The summed E-state index contributed by atoms with van der Waals surface area (Å²) in [6.45, 7) is 0.490. The molecule has 0 amide bonds. The van der Waals surface area contributed by atoms with Crippen molar-refractivity contribution in [2.75, 3.05) is 32.2 Å². The smallest absolute Gasteiger partial charge is 0.338 e. The van der Waals surface area contributed by atoms with E-state index in [1.807, 2.05) is 31.1 Å². The monoisotopic (exact) mass is 237 g/mol. The summed E-state index contributed by atoms with van der Waals surface area (Å²) >= 11 is 0. The van der Waals surface area contributed by atoms with Crippen LogP contribution >= 0.6 is 0 Å². The van der Waals surface area contributed by atoms with E-state index in [9.17, 15) is 4.79 Å². The van der Waals surface area contributed by atoms with Crippen LogP contribution in [0.15, 0.2) is 24.3 Å². The number of carbonyl (C=O) groups excluding carboxylic acids is 1. The summed E-state index contributed by atoms with van der Waals surface area (Å²) in [6, 6.07) is 7.27. The minimum atomic E-state index is -0.312. The number of carbonyl (C=O) groups is 1. The van der Waals surface area contributed by atoms with E-state index >= 15 is 0 Å². The second-order valence-electron chi connectivity index (χ2n) is 4.01. The maximum absolute atomic E-state index is 11.6. The first kappa shape index (κ1) is 13.5. The molecule has 1 aromatic carbocycles. The molecule has 1 N–H and O–H groups in total. The van der Waals surface area contributed by atoms with E-state index in [2.05, 4.69) is 0 Å². The second-order valence-corrected chi connectivity index (χ2v) is 4.01. The van der Waals surface area contributed by atoms with Gasteiger partial charge in [0.25, 0.3) is 0 Å². The molecular formula is C13H19NO3. The normalized spacial score (nSPS) is 10.1. The third-order valence-corrected chi connectivity index (χ3v) is 2.41. The Balaban J connectivity index is 2.46. The second kappa shape index (κ2) is 6.91. The molecular weight excluding hydrogens is 218 g/mol. The van der Waals surface area contributed by atoms with Gasteiger partial charge in [-0.3, -0.25) is 0 Å². The van der Waals surface area contributed by atoms with Gasteiger partial charge in [-0.05, 0) is 37.1 Å². The zero-order valence-electron chi connectivity index (χ0n) is 10.3. The van der Waals surface area contributed by atoms with Gasteiger partial charge in [0.1, 0.15) is 0 Å². The molecule has 0 atom stereocenters. The van der Waals surface area contributed by atoms with Gasteiger partial charge in [0.15, 0.2) is 0 Å². The number of anilines is 1. The molecule has 0 aliphatic carbocycles. The zero-order valence-corrected chi connectivity index (χ0v) is 10.3. The average Bonchev–Trinajstić information content (AvgIpc) is 2.34. The number of unbranched alkanes of at least 4 members (excludes halogenated alkanes) is 1. The van der Waals surface area contributed by atoms with Gasteiger partial charge in [-0.25, -0.2) is 4.79 Å². The Hall–Kier alpha value is -1.55. The first-order chi connectivity index (χ1) is 8.15. The quantitative estimate of drug-likeness (QED) is 0.604. The van der Waals surface area contributed by atoms with Gasteiger partial charge in [-0.15, -0.1) is 0 Å². The van der Waals surface area contributed by atoms with Crippen molar-refractivity contribution >= 4 is 11.7 Å². The van der Waals surface area contributed by atoms with Crippen LogP contribution in [0.2, 0.25) is 0 Å². The van der Waals surface area contributed by atoms with E-state index in [0.717, 1.165) is 5.69 Å². The predicted octanol–water partition coefficient (Wildman–Crippen LogP) is 1.68. The lowest BCUT2D eigenvalue weighted by Crippen LogP contribution is -2.10. The van der Waals surface area contributed by atoms with Crippen molar-refractivity contribution in [2.45, 2.75) is 12.8 Å². The molecule has 4 heteroatoms. The molecule has 0 fully saturated rings. The van der Waals surface area contributed by atoms with E-state index in [-0.39, 0.29) is 12.6 Å². The van der Waals surface area contributed by atoms with Gasteiger partial charge in [0.05, 0.1) is 12.2 Å². The third-order valence-electron chi connectivity index (χ3n) is 2.41. The van der Waals surface area contributed by atoms with Crippen LogP contribution in [0.25, 0.3) is 0 Å². The highest BCUT2D eigenvalue weighted by Crippen LogP contribution is 2.13. The van der Waals surface area contributed by atoms with Gasteiger partial charge in [0.2, 0.25) is 0 Å². The highest BCUT2D eigenvalue weighted by atomic mass is 16.5. The number of hydrogen-bond acceptors (Lipinski definition) is 4. The molecule has 1 rings (SSSR count). The van der Waals surface area contributed by atoms with Crippen LogP contribution in [0, 0.1) is 0 Å². The maximum atomic E-state index is 11.6. The van der Waals surface area contributed by atoms with E-state index in [4.69, 9.17) is 9.84 Å². The summed E-state index contributed by atoms with van der Waals surface area (Å²) in [5.74, 6) is -0.312. The summed E-state index contributed by atoms with van der Waals surface area (Å²) in [7, 11) is 3.89. The number of ether oxygens (including phenoxy) is 1. The van der Waals surface area contributed by atoms with Crippen LogP contribution in [0.3, 0.4) is 0 Å². The summed E-state index contributed by atoms with van der Waals surface area (Å²) in [5.41, 5.74) is 1.60. The lowest BCUT2D eigenvalue weighted by molar-refractivity contribution is 0.0492. The molecule has 0 unspecified atom stereocenters. The number of aliphatic hydroxyl groups is 1. The topological polar surface area (TPSA) is 49.8 Å². The first-order valence-corrected chi connectivity index (χ1v) is 5.70. The summed E-state index contributed by atoms with van der Waals surface area (Å²) in [5, 5.41) is 8.59. The molecule has 4 nitrogen and oxygen atoms in total. The molecule has 17 heavy (non-hydrogen) atoms. The van der Waals surface area contributed by atoms with Crippen molar-refractivity contribution < 1.29 is 14.6 Å². The summed E-state index contributed by atoms with van der Waals surface area (Å²) < 4.78 is 5.07. The van der Waals surface area contributed by atoms with Gasteiger partial charge in [-0.1, -0.05) is 0 Å². The van der Waals surface area contributed by atoms with E-state index in [1.54, 1.807) is 12.1 Å². The summed E-state index contributed by atoms with van der Waals surface area (Å²) in [6.07, 6.45) is 1.35. The largest absolute Gasteiger partial charge is 0.462 e. The van der Waals surface area contributed by atoms with Crippen molar-refractivity contribution in [3.8, 4) is 0 Å². The van der Waals surface area contributed by atoms with Crippen LogP contribution < -0.4 is 4.90 Å². The van der Waals surface area contributed by atoms with Crippen LogP contribution in [0.5, 0.6) is 0 Å². The zero-order chi connectivity index (χ0) is 12.7. The van der Waals surface area contributed by atoms with Gasteiger partial charge in [0, 0.05) is 26.4 Å². The van der Waals surface area contributed by atoms with Crippen molar-refractivity contribution in [3.05, 3.63) is 29.8 Å². The average molecular weight is 237 g/mol. The number of benzene rings is 1. The van der Waals surface area contributed by atoms with Crippen molar-refractivity contribution in [3.63, 3.8) is 0 Å². The minimum absolute atomic E-state index is 0.134. The van der Waals surface area contributed by atoms with Gasteiger partial charge in [-0.2, -0.15) is 0 Å². The minimum Gasteiger partial charge on any atom is -0.462 e. The lowest BCUT2D eigenvalue weighted by atomic mass is 10.2. The first-order valence-electron chi connectivity index (χ1n) is 5.70. The van der Waals surface area contributed by atoms with Crippen molar-refractivity contribution in [1.82, 2.24) is 0 Å². The Labute approximate surface area is 102 Å². The number of aliphatic hydroxyl groups excluding tert-OH is 1. The van der Waals surface area contributed by atoms with E-state index in [1.165, 1.54) is 0 Å². The molecule has 0 aromatic heterocycles. The SMILES string of the molecule is CN(C)c1ccc(C(=O)OCCCCO)cc1. The Kier molecular flexibility index (Phi) is 5.49. The predicted molar refractivity (Wildman–Crippen MR) is 67.4 cm³/mol. The Morgan fingerprint density at radius 1 is 1.24 bits per heavy atom. The molecule has 0 bridgehead atoms. The highest BCUT2D eigenvalue weighted by Gasteiger charge is 2.06. The fraction of sp³-hybridized carbons (Fsp3) is 0.462. The number of hydrogen-bond donors (Lipinski definition) is 1. The van der Waals surface area contributed by atoms with Crippen molar-refractivity contribution in [2.24, 2.45) is 0 Å². The van der Waals surface area contributed by atoms with E-state index in [0.29, 0.717) is 25.0 Å².